The van der Waals surface area contributed by atoms with E-state index in [1.165, 1.54) is 6.21 Å². The van der Waals surface area contributed by atoms with Crippen LogP contribution in [0, 0.1) is 6.92 Å². The average molecular weight is 414 g/mol. The van der Waals surface area contributed by atoms with Gasteiger partial charge in [0.05, 0.1) is 18.2 Å². The summed E-state index contributed by atoms with van der Waals surface area (Å²) in [6, 6.07) is 11.7. The molecule has 1 N–H and O–H groups in total. The molecule has 6 nitrogen and oxygen atoms in total. The molecule has 0 aliphatic rings. The minimum Gasteiger partial charge on any atom is -0.271 e. The standard InChI is InChI=1S/C17H17Cl2N3O3S/c1-12-8-15(19)6-7-16(12)22(26(2,24)25)11-17(23)21-20-10-13-4-3-5-14(18)9-13/h3-10H,11H2,1-2H3,(H,21,23)/b20-10-. The van der Waals surface area contributed by atoms with Crippen LogP contribution in [0.1, 0.15) is 11.1 Å². The van der Waals surface area contributed by atoms with Crippen LogP contribution in [-0.2, 0) is 14.8 Å². The van der Waals surface area contributed by atoms with Crippen molar-refractivity contribution in [2.45, 2.75) is 6.92 Å². The Morgan fingerprint density at radius 2 is 1.88 bits per heavy atom. The molecule has 138 valence electrons. The van der Waals surface area contributed by atoms with Gasteiger partial charge < -0.3 is 0 Å². The summed E-state index contributed by atoms with van der Waals surface area (Å²) in [7, 11) is -3.67. The Bertz CT molecular complexity index is 946. The first-order valence-electron chi connectivity index (χ1n) is 7.48. The molecule has 0 fully saturated rings. The molecule has 1 amide bonds. The van der Waals surface area contributed by atoms with E-state index in [9.17, 15) is 13.2 Å². The van der Waals surface area contributed by atoms with Gasteiger partial charge in [0.2, 0.25) is 10.0 Å². The first-order chi connectivity index (χ1) is 12.2. The van der Waals surface area contributed by atoms with E-state index >= 15 is 0 Å². The van der Waals surface area contributed by atoms with Crippen LogP contribution in [0.5, 0.6) is 0 Å². The quantitative estimate of drug-likeness (QED) is 0.583. The second-order valence-electron chi connectivity index (χ2n) is 5.55. The predicted octanol–water partition coefficient (Wildman–Crippen LogP) is 3.22. The second kappa shape index (κ2) is 8.53. The maximum Gasteiger partial charge on any atom is 0.260 e. The van der Waals surface area contributed by atoms with E-state index < -0.39 is 22.5 Å². The lowest BCUT2D eigenvalue weighted by atomic mass is 10.2. The molecule has 0 bridgehead atoms. The van der Waals surface area contributed by atoms with Gasteiger partial charge in [0, 0.05) is 10.0 Å². The minimum absolute atomic E-state index is 0.380. The molecule has 0 saturated heterocycles. The molecule has 26 heavy (non-hydrogen) atoms. The smallest absolute Gasteiger partial charge is 0.260 e. The zero-order valence-corrected chi connectivity index (χ0v) is 16.4. The Balaban J connectivity index is 2.12. The lowest BCUT2D eigenvalue weighted by Crippen LogP contribution is -2.39. The van der Waals surface area contributed by atoms with Crippen molar-refractivity contribution in [2.24, 2.45) is 5.10 Å². The summed E-state index contributed by atoms with van der Waals surface area (Å²) in [5.74, 6) is -0.581. The summed E-state index contributed by atoms with van der Waals surface area (Å²) in [6.07, 6.45) is 2.45. The first kappa shape index (κ1) is 20.2. The number of hydrogen-bond donors (Lipinski definition) is 1. The molecule has 2 aromatic carbocycles. The van der Waals surface area contributed by atoms with E-state index in [0.717, 1.165) is 10.6 Å². The van der Waals surface area contributed by atoms with Crippen LogP contribution in [0.25, 0.3) is 0 Å². The number of hydrazone groups is 1. The summed E-state index contributed by atoms with van der Waals surface area (Å²) >= 11 is 11.8. The number of carbonyl (C=O) groups is 1. The van der Waals surface area contributed by atoms with Crippen molar-refractivity contribution in [2.75, 3.05) is 17.1 Å². The molecule has 0 unspecified atom stereocenters. The molecule has 0 aliphatic carbocycles. The number of anilines is 1. The minimum atomic E-state index is -3.67. The van der Waals surface area contributed by atoms with Gasteiger partial charge in [-0.05, 0) is 48.4 Å². The van der Waals surface area contributed by atoms with E-state index in [1.807, 2.05) is 0 Å². The zero-order chi connectivity index (χ0) is 19.3. The number of halogens is 2. The van der Waals surface area contributed by atoms with Gasteiger partial charge in [0.15, 0.2) is 0 Å². The number of sulfonamides is 1. The topological polar surface area (TPSA) is 78.8 Å². The number of hydrogen-bond acceptors (Lipinski definition) is 4. The SMILES string of the molecule is Cc1cc(Cl)ccc1N(CC(=O)N/N=C\c1cccc(Cl)c1)S(C)(=O)=O. The summed E-state index contributed by atoms with van der Waals surface area (Å²) < 4.78 is 25.2. The third kappa shape index (κ3) is 5.72. The fourth-order valence-corrected chi connectivity index (χ4v) is 3.55. The Labute approximate surface area is 162 Å². The summed E-state index contributed by atoms with van der Waals surface area (Å²) in [5, 5.41) is 4.85. The second-order valence-corrected chi connectivity index (χ2v) is 8.33. The van der Waals surface area contributed by atoms with E-state index in [4.69, 9.17) is 23.2 Å². The third-order valence-corrected chi connectivity index (χ3v) is 4.96. The highest BCUT2D eigenvalue weighted by molar-refractivity contribution is 7.92. The summed E-state index contributed by atoms with van der Waals surface area (Å²) in [4.78, 5) is 12.1. The molecule has 0 heterocycles. The molecule has 2 rings (SSSR count). The lowest BCUT2D eigenvalue weighted by Gasteiger charge is -2.23. The van der Waals surface area contributed by atoms with Crippen molar-refractivity contribution in [1.82, 2.24) is 5.43 Å². The Morgan fingerprint density at radius 3 is 2.50 bits per heavy atom. The van der Waals surface area contributed by atoms with Crippen LogP contribution < -0.4 is 9.73 Å². The normalized spacial score (nSPS) is 11.5. The Kier molecular flexibility index (Phi) is 6.63. The van der Waals surface area contributed by atoms with Gasteiger partial charge >= 0.3 is 0 Å². The highest BCUT2D eigenvalue weighted by Gasteiger charge is 2.22. The number of rotatable bonds is 6. The average Bonchev–Trinajstić information content (AvgIpc) is 2.52. The molecular weight excluding hydrogens is 397 g/mol. The number of aryl methyl sites for hydroxylation is 1. The Morgan fingerprint density at radius 1 is 1.19 bits per heavy atom. The van der Waals surface area contributed by atoms with Gasteiger partial charge in [-0.25, -0.2) is 13.8 Å². The highest BCUT2D eigenvalue weighted by Crippen LogP contribution is 2.25. The van der Waals surface area contributed by atoms with Gasteiger partial charge in [-0.2, -0.15) is 5.10 Å². The largest absolute Gasteiger partial charge is 0.271 e. The van der Waals surface area contributed by atoms with Gasteiger partial charge in [0.1, 0.15) is 6.54 Å². The first-order valence-corrected chi connectivity index (χ1v) is 10.1. The number of amides is 1. The van der Waals surface area contributed by atoms with Crippen molar-refractivity contribution in [3.8, 4) is 0 Å². The lowest BCUT2D eigenvalue weighted by molar-refractivity contribution is -0.119. The molecule has 0 atom stereocenters. The molecule has 0 spiro atoms. The number of benzene rings is 2. The number of nitrogens with zero attached hydrogens (tertiary/aromatic N) is 2. The van der Waals surface area contributed by atoms with E-state index in [0.29, 0.717) is 26.9 Å². The van der Waals surface area contributed by atoms with Crippen LogP contribution in [-0.4, -0.2) is 33.3 Å². The molecule has 2 aromatic rings. The predicted molar refractivity (Wildman–Crippen MR) is 106 cm³/mol. The molecule has 0 aromatic heterocycles. The zero-order valence-electron chi connectivity index (χ0n) is 14.1. The number of nitrogens with one attached hydrogen (secondary N) is 1. The highest BCUT2D eigenvalue weighted by atomic mass is 35.5. The summed E-state index contributed by atoms with van der Waals surface area (Å²) in [5.41, 5.74) is 4.03. The molecule has 0 saturated carbocycles. The number of carbonyl (C=O) groups excluding carboxylic acids is 1. The van der Waals surface area contributed by atoms with Crippen LogP contribution in [0.15, 0.2) is 47.6 Å². The molecule has 0 aliphatic heterocycles. The van der Waals surface area contributed by atoms with Crippen molar-refractivity contribution >= 4 is 51.0 Å². The monoisotopic (exact) mass is 413 g/mol. The fourth-order valence-electron chi connectivity index (χ4n) is 2.21. The van der Waals surface area contributed by atoms with Crippen LogP contribution >= 0.6 is 23.2 Å². The fraction of sp³-hybridized carbons (Fsp3) is 0.176. The maximum absolute atomic E-state index is 12.1. The van der Waals surface area contributed by atoms with E-state index in [1.54, 1.807) is 49.4 Å². The van der Waals surface area contributed by atoms with Crippen molar-refractivity contribution in [3.63, 3.8) is 0 Å². The maximum atomic E-state index is 12.1. The Hall–Kier alpha value is -2.09. The molecule has 0 radical (unpaired) electrons. The van der Waals surface area contributed by atoms with Crippen LogP contribution in [0.2, 0.25) is 10.0 Å². The van der Waals surface area contributed by atoms with Crippen LogP contribution in [0.4, 0.5) is 5.69 Å². The van der Waals surface area contributed by atoms with Gasteiger partial charge in [-0.15, -0.1) is 0 Å². The van der Waals surface area contributed by atoms with Gasteiger partial charge in [-0.3, -0.25) is 9.10 Å². The van der Waals surface area contributed by atoms with Crippen molar-refractivity contribution in [3.05, 3.63) is 63.6 Å². The van der Waals surface area contributed by atoms with Crippen molar-refractivity contribution in [1.29, 1.82) is 0 Å². The van der Waals surface area contributed by atoms with Gasteiger partial charge in [-0.1, -0.05) is 35.3 Å². The van der Waals surface area contributed by atoms with Crippen molar-refractivity contribution < 1.29 is 13.2 Å². The third-order valence-electron chi connectivity index (χ3n) is 3.37. The van der Waals surface area contributed by atoms with Crippen LogP contribution in [0.3, 0.4) is 0 Å². The van der Waals surface area contributed by atoms with Gasteiger partial charge in [0.25, 0.3) is 5.91 Å². The van der Waals surface area contributed by atoms with E-state index in [-0.39, 0.29) is 0 Å². The molecular formula is C17H17Cl2N3O3S. The summed E-state index contributed by atoms with van der Waals surface area (Å²) in [6.45, 7) is 1.31. The molecule has 9 heteroatoms. The van der Waals surface area contributed by atoms with E-state index in [2.05, 4.69) is 10.5 Å².